The highest BCUT2D eigenvalue weighted by atomic mass is 16.7. The van der Waals surface area contributed by atoms with Crippen molar-refractivity contribution in [2.45, 2.75) is 6.92 Å². The third-order valence-corrected chi connectivity index (χ3v) is 3.26. The third kappa shape index (κ3) is 2.09. The lowest BCUT2D eigenvalue weighted by Gasteiger charge is -2.21. The van der Waals surface area contributed by atoms with Crippen LogP contribution in [0.2, 0.25) is 0 Å². The normalized spacial score (nSPS) is 12.2. The Bertz CT molecular complexity index is 625. The van der Waals surface area contributed by atoms with Gasteiger partial charge < -0.3 is 14.4 Å². The molecule has 20 heavy (non-hydrogen) atoms. The zero-order chi connectivity index (χ0) is 13.9. The smallest absolute Gasteiger partial charge is 0.262 e. The second-order valence-electron chi connectivity index (χ2n) is 4.42. The number of anilines is 1. The van der Waals surface area contributed by atoms with Crippen LogP contribution in [0, 0.1) is 0 Å². The fraction of sp³-hybridized carbons (Fsp3) is 0.188. The predicted octanol–water partition coefficient (Wildman–Crippen LogP) is 3.08. The van der Waals surface area contributed by atoms with Crippen molar-refractivity contribution in [1.29, 1.82) is 0 Å². The first-order chi connectivity index (χ1) is 9.81. The van der Waals surface area contributed by atoms with Crippen LogP contribution in [0.15, 0.2) is 48.5 Å². The van der Waals surface area contributed by atoms with Gasteiger partial charge in [-0.15, -0.1) is 0 Å². The summed E-state index contributed by atoms with van der Waals surface area (Å²) in [6.07, 6.45) is 0. The molecule has 2 aromatic carbocycles. The fourth-order valence-electron chi connectivity index (χ4n) is 2.30. The van der Waals surface area contributed by atoms with Crippen LogP contribution >= 0.6 is 0 Å². The molecule has 1 amide bonds. The van der Waals surface area contributed by atoms with Crippen molar-refractivity contribution in [2.75, 3.05) is 18.2 Å². The molecular weight excluding hydrogens is 254 g/mol. The molecule has 0 N–H and O–H groups in total. The number of ether oxygens (including phenoxy) is 2. The Morgan fingerprint density at radius 2 is 1.90 bits per heavy atom. The van der Waals surface area contributed by atoms with E-state index in [1.165, 1.54) is 0 Å². The van der Waals surface area contributed by atoms with Crippen molar-refractivity contribution in [3.8, 4) is 11.5 Å². The molecule has 0 saturated carbocycles. The van der Waals surface area contributed by atoms with Crippen molar-refractivity contribution in [3.05, 3.63) is 54.1 Å². The van der Waals surface area contributed by atoms with E-state index in [2.05, 4.69) is 0 Å². The highest BCUT2D eigenvalue weighted by Gasteiger charge is 2.25. The number of amides is 1. The number of para-hydroxylation sites is 2. The van der Waals surface area contributed by atoms with Crippen molar-refractivity contribution >= 4 is 11.6 Å². The Kier molecular flexibility index (Phi) is 3.29. The van der Waals surface area contributed by atoms with E-state index in [0.717, 1.165) is 5.69 Å². The Morgan fingerprint density at radius 3 is 2.65 bits per heavy atom. The molecule has 2 aromatic rings. The summed E-state index contributed by atoms with van der Waals surface area (Å²) in [5.41, 5.74) is 1.40. The van der Waals surface area contributed by atoms with Crippen molar-refractivity contribution in [1.82, 2.24) is 0 Å². The van der Waals surface area contributed by atoms with Gasteiger partial charge in [-0.2, -0.15) is 0 Å². The summed E-state index contributed by atoms with van der Waals surface area (Å²) in [7, 11) is 0. The van der Waals surface area contributed by atoms with E-state index in [4.69, 9.17) is 9.47 Å². The molecule has 0 aliphatic carbocycles. The highest BCUT2D eigenvalue weighted by Crippen LogP contribution is 2.36. The number of nitrogens with zero attached hydrogens (tertiary/aromatic N) is 1. The van der Waals surface area contributed by atoms with Crippen LogP contribution in [0.5, 0.6) is 11.5 Å². The van der Waals surface area contributed by atoms with Gasteiger partial charge >= 0.3 is 0 Å². The van der Waals surface area contributed by atoms with Crippen LogP contribution in [0.25, 0.3) is 0 Å². The predicted molar refractivity (Wildman–Crippen MR) is 76.4 cm³/mol. The lowest BCUT2D eigenvalue weighted by molar-refractivity contribution is 0.0983. The van der Waals surface area contributed by atoms with E-state index in [1.807, 2.05) is 37.3 Å². The van der Waals surface area contributed by atoms with Gasteiger partial charge in [0.25, 0.3) is 5.91 Å². The van der Waals surface area contributed by atoms with E-state index in [1.54, 1.807) is 23.1 Å². The van der Waals surface area contributed by atoms with E-state index < -0.39 is 0 Å². The minimum Gasteiger partial charge on any atom is -0.454 e. The number of carbonyl (C=O) groups is 1. The topological polar surface area (TPSA) is 38.8 Å². The monoisotopic (exact) mass is 269 g/mol. The lowest BCUT2D eigenvalue weighted by Crippen LogP contribution is -2.30. The van der Waals surface area contributed by atoms with Crippen LogP contribution in [-0.4, -0.2) is 19.2 Å². The summed E-state index contributed by atoms with van der Waals surface area (Å²) in [4.78, 5) is 14.4. The maximum absolute atomic E-state index is 12.7. The van der Waals surface area contributed by atoms with Gasteiger partial charge in [0.05, 0.1) is 5.56 Å². The van der Waals surface area contributed by atoms with E-state index in [-0.39, 0.29) is 12.7 Å². The average Bonchev–Trinajstić information content (AvgIpc) is 2.97. The van der Waals surface area contributed by atoms with Crippen molar-refractivity contribution in [2.24, 2.45) is 0 Å². The summed E-state index contributed by atoms with van der Waals surface area (Å²) < 4.78 is 10.7. The van der Waals surface area contributed by atoms with E-state index >= 15 is 0 Å². The Hall–Kier alpha value is -2.49. The van der Waals surface area contributed by atoms with Crippen LogP contribution in [0.4, 0.5) is 5.69 Å². The van der Waals surface area contributed by atoms with Crippen LogP contribution in [0.3, 0.4) is 0 Å². The molecule has 0 radical (unpaired) electrons. The molecule has 0 spiro atoms. The molecule has 4 nitrogen and oxygen atoms in total. The standard InChI is InChI=1S/C16H15NO3/c1-2-17(12-7-4-3-5-8-12)16(18)13-9-6-10-14-15(13)20-11-19-14/h3-10H,2,11H2,1H3. The van der Waals surface area contributed by atoms with Crippen LogP contribution < -0.4 is 14.4 Å². The van der Waals surface area contributed by atoms with Gasteiger partial charge in [0, 0.05) is 12.2 Å². The summed E-state index contributed by atoms with van der Waals surface area (Å²) in [5.74, 6) is 1.08. The number of hydrogen-bond donors (Lipinski definition) is 0. The van der Waals surface area contributed by atoms with E-state index in [9.17, 15) is 4.79 Å². The Balaban J connectivity index is 1.98. The maximum Gasteiger partial charge on any atom is 0.262 e. The summed E-state index contributed by atoms with van der Waals surface area (Å²) in [5, 5.41) is 0. The number of benzene rings is 2. The zero-order valence-electron chi connectivity index (χ0n) is 11.2. The molecule has 0 atom stereocenters. The second kappa shape index (κ2) is 5.25. The van der Waals surface area contributed by atoms with Gasteiger partial charge in [-0.25, -0.2) is 0 Å². The number of hydrogen-bond acceptors (Lipinski definition) is 3. The van der Waals surface area contributed by atoms with Crippen molar-refractivity contribution < 1.29 is 14.3 Å². The van der Waals surface area contributed by atoms with Gasteiger partial charge in [-0.1, -0.05) is 24.3 Å². The first kappa shape index (κ1) is 12.5. The summed E-state index contributed by atoms with van der Waals surface area (Å²) in [6, 6.07) is 15.0. The van der Waals surface area contributed by atoms with Crippen LogP contribution in [0.1, 0.15) is 17.3 Å². The zero-order valence-corrected chi connectivity index (χ0v) is 11.2. The number of rotatable bonds is 3. The maximum atomic E-state index is 12.7. The molecule has 1 heterocycles. The molecular formula is C16H15NO3. The largest absolute Gasteiger partial charge is 0.454 e. The Labute approximate surface area is 117 Å². The molecule has 1 aliphatic rings. The average molecular weight is 269 g/mol. The minimum absolute atomic E-state index is 0.0824. The van der Waals surface area contributed by atoms with Crippen molar-refractivity contribution in [3.63, 3.8) is 0 Å². The van der Waals surface area contributed by atoms with Gasteiger partial charge in [0.2, 0.25) is 6.79 Å². The number of fused-ring (bicyclic) bond motifs is 1. The van der Waals surface area contributed by atoms with E-state index in [0.29, 0.717) is 23.6 Å². The second-order valence-corrected chi connectivity index (χ2v) is 4.42. The highest BCUT2D eigenvalue weighted by molar-refractivity contribution is 6.08. The molecule has 1 aliphatic heterocycles. The molecule has 0 fully saturated rings. The molecule has 0 unspecified atom stereocenters. The summed E-state index contributed by atoms with van der Waals surface area (Å²) >= 11 is 0. The Morgan fingerprint density at radius 1 is 1.10 bits per heavy atom. The molecule has 0 saturated heterocycles. The molecule has 102 valence electrons. The van der Waals surface area contributed by atoms with Gasteiger partial charge in [0.15, 0.2) is 11.5 Å². The van der Waals surface area contributed by atoms with Gasteiger partial charge in [-0.3, -0.25) is 4.79 Å². The quantitative estimate of drug-likeness (QED) is 0.859. The summed E-state index contributed by atoms with van der Waals surface area (Å²) in [6.45, 7) is 2.70. The number of carbonyl (C=O) groups excluding carboxylic acids is 1. The molecule has 0 bridgehead atoms. The molecule has 0 aromatic heterocycles. The molecule has 4 heteroatoms. The van der Waals surface area contributed by atoms with Gasteiger partial charge in [0.1, 0.15) is 0 Å². The lowest BCUT2D eigenvalue weighted by atomic mass is 10.1. The molecule has 3 rings (SSSR count). The third-order valence-electron chi connectivity index (χ3n) is 3.26. The first-order valence-electron chi connectivity index (χ1n) is 6.56. The first-order valence-corrected chi connectivity index (χ1v) is 6.56. The van der Waals surface area contributed by atoms with Crippen LogP contribution in [-0.2, 0) is 0 Å². The SMILES string of the molecule is CCN(C(=O)c1cccc2c1OCO2)c1ccccc1. The van der Waals surface area contributed by atoms with Gasteiger partial charge in [-0.05, 0) is 31.2 Å². The fourth-order valence-corrected chi connectivity index (χ4v) is 2.30. The minimum atomic E-state index is -0.0824.